The summed E-state index contributed by atoms with van der Waals surface area (Å²) >= 11 is 0. The Morgan fingerprint density at radius 2 is 1.33 bits per heavy atom. The van der Waals surface area contributed by atoms with Crippen LogP contribution in [0.1, 0.15) is 6.42 Å². The summed E-state index contributed by atoms with van der Waals surface area (Å²) in [7, 11) is 0. The van der Waals surface area contributed by atoms with Crippen molar-refractivity contribution in [2.75, 3.05) is 46.2 Å². The van der Waals surface area contributed by atoms with Gasteiger partial charge in [0.1, 0.15) is 12.4 Å². The lowest BCUT2D eigenvalue weighted by molar-refractivity contribution is -0.138. The molecule has 0 saturated heterocycles. The van der Waals surface area contributed by atoms with Crippen LogP contribution in [-0.2, 0) is 19.0 Å². The second kappa shape index (κ2) is 12.1. The highest BCUT2D eigenvalue weighted by Gasteiger charge is 1.96. The Kier molecular flexibility index (Phi) is 10.1. The first kappa shape index (κ1) is 17.4. The Balaban J connectivity index is 1.78. The molecule has 1 aromatic rings. The van der Waals surface area contributed by atoms with Crippen molar-refractivity contribution < 1.29 is 28.8 Å². The number of hydrogen-bond donors (Lipinski definition) is 1. The lowest BCUT2D eigenvalue weighted by Gasteiger charge is -2.07. The molecule has 0 heterocycles. The quantitative estimate of drug-likeness (QED) is 0.557. The molecule has 21 heavy (non-hydrogen) atoms. The van der Waals surface area contributed by atoms with E-state index in [1.807, 2.05) is 30.3 Å². The van der Waals surface area contributed by atoms with E-state index in [-0.39, 0.29) is 13.0 Å². The van der Waals surface area contributed by atoms with Crippen LogP contribution in [0.3, 0.4) is 0 Å². The molecule has 1 N–H and O–H groups in total. The van der Waals surface area contributed by atoms with Gasteiger partial charge in [0.15, 0.2) is 0 Å². The lowest BCUT2D eigenvalue weighted by atomic mass is 10.3. The van der Waals surface area contributed by atoms with Gasteiger partial charge in [-0.2, -0.15) is 0 Å². The van der Waals surface area contributed by atoms with Crippen molar-refractivity contribution in [2.45, 2.75) is 6.42 Å². The van der Waals surface area contributed by atoms with E-state index in [0.717, 1.165) is 5.75 Å². The SMILES string of the molecule is O=C(O)CCOCCOCCOCCOc1ccccc1. The summed E-state index contributed by atoms with van der Waals surface area (Å²) in [5.41, 5.74) is 0. The van der Waals surface area contributed by atoms with Crippen molar-refractivity contribution in [1.82, 2.24) is 0 Å². The van der Waals surface area contributed by atoms with Crippen LogP contribution in [0.15, 0.2) is 30.3 Å². The number of carboxylic acids is 1. The van der Waals surface area contributed by atoms with E-state index in [1.165, 1.54) is 0 Å². The molecule has 0 saturated carbocycles. The molecular formula is C15H22O6. The molecular weight excluding hydrogens is 276 g/mol. The van der Waals surface area contributed by atoms with Gasteiger partial charge in [-0.1, -0.05) is 18.2 Å². The van der Waals surface area contributed by atoms with Gasteiger partial charge in [0.2, 0.25) is 0 Å². The molecule has 0 amide bonds. The number of carbonyl (C=O) groups is 1. The second-order valence-electron chi connectivity index (χ2n) is 4.14. The summed E-state index contributed by atoms with van der Waals surface area (Å²) in [6.07, 6.45) is 0.0184. The highest BCUT2D eigenvalue weighted by molar-refractivity contribution is 5.66. The number of carboxylic acid groups (broad SMARTS) is 1. The summed E-state index contributed by atoms with van der Waals surface area (Å²) in [5.74, 6) is -0.0297. The van der Waals surface area contributed by atoms with Crippen LogP contribution in [0.25, 0.3) is 0 Å². The van der Waals surface area contributed by atoms with Crippen LogP contribution in [0.5, 0.6) is 5.75 Å². The summed E-state index contributed by atoms with van der Waals surface area (Å²) in [5, 5.41) is 8.39. The largest absolute Gasteiger partial charge is 0.491 e. The average molecular weight is 298 g/mol. The Labute approximate surface area is 124 Å². The van der Waals surface area contributed by atoms with E-state index >= 15 is 0 Å². The number of aliphatic carboxylic acids is 1. The van der Waals surface area contributed by atoms with Crippen molar-refractivity contribution in [3.8, 4) is 5.75 Å². The summed E-state index contributed by atoms with van der Waals surface area (Å²) in [6, 6.07) is 9.57. The standard InChI is InChI=1S/C15H22O6/c16-15(17)6-7-18-8-9-19-10-11-20-12-13-21-14-4-2-1-3-5-14/h1-5H,6-13H2,(H,16,17). The van der Waals surface area contributed by atoms with Crippen LogP contribution in [0, 0.1) is 0 Å². The molecule has 0 aliphatic carbocycles. The molecule has 0 bridgehead atoms. The third kappa shape index (κ3) is 10.8. The maximum atomic E-state index is 10.2. The van der Waals surface area contributed by atoms with E-state index in [2.05, 4.69) is 0 Å². The summed E-state index contributed by atoms with van der Waals surface area (Å²) in [6.45, 7) is 3.02. The summed E-state index contributed by atoms with van der Waals surface area (Å²) < 4.78 is 21.1. The van der Waals surface area contributed by atoms with Gasteiger partial charge in [-0.25, -0.2) is 0 Å². The highest BCUT2D eigenvalue weighted by Crippen LogP contribution is 2.07. The molecule has 0 aliphatic rings. The van der Waals surface area contributed by atoms with Gasteiger partial charge in [0, 0.05) is 0 Å². The smallest absolute Gasteiger partial charge is 0.305 e. The molecule has 0 aromatic heterocycles. The minimum atomic E-state index is -0.859. The zero-order valence-corrected chi connectivity index (χ0v) is 12.0. The number of para-hydroxylation sites is 1. The fourth-order valence-electron chi connectivity index (χ4n) is 1.44. The van der Waals surface area contributed by atoms with Crippen molar-refractivity contribution >= 4 is 5.97 Å². The van der Waals surface area contributed by atoms with Crippen LogP contribution in [-0.4, -0.2) is 57.3 Å². The fraction of sp³-hybridized carbons (Fsp3) is 0.533. The van der Waals surface area contributed by atoms with Crippen LogP contribution >= 0.6 is 0 Å². The normalized spacial score (nSPS) is 10.5. The first-order chi connectivity index (χ1) is 10.3. The number of hydrogen-bond acceptors (Lipinski definition) is 5. The van der Waals surface area contributed by atoms with Crippen molar-refractivity contribution in [2.24, 2.45) is 0 Å². The zero-order valence-electron chi connectivity index (χ0n) is 12.0. The average Bonchev–Trinajstić information content (AvgIpc) is 2.49. The lowest BCUT2D eigenvalue weighted by Crippen LogP contribution is -2.13. The van der Waals surface area contributed by atoms with E-state index in [0.29, 0.717) is 39.6 Å². The molecule has 6 heteroatoms. The second-order valence-corrected chi connectivity index (χ2v) is 4.14. The van der Waals surface area contributed by atoms with Gasteiger partial charge in [-0.3, -0.25) is 4.79 Å². The van der Waals surface area contributed by atoms with Gasteiger partial charge < -0.3 is 24.1 Å². The highest BCUT2D eigenvalue weighted by atomic mass is 16.6. The minimum absolute atomic E-state index is 0.0184. The number of ether oxygens (including phenoxy) is 4. The van der Waals surface area contributed by atoms with Crippen molar-refractivity contribution in [3.63, 3.8) is 0 Å². The van der Waals surface area contributed by atoms with E-state index in [1.54, 1.807) is 0 Å². The van der Waals surface area contributed by atoms with Crippen molar-refractivity contribution in [1.29, 1.82) is 0 Å². The minimum Gasteiger partial charge on any atom is -0.491 e. The van der Waals surface area contributed by atoms with E-state index in [9.17, 15) is 4.79 Å². The van der Waals surface area contributed by atoms with Crippen molar-refractivity contribution in [3.05, 3.63) is 30.3 Å². The molecule has 1 aromatic carbocycles. The third-order valence-corrected chi connectivity index (χ3v) is 2.44. The summed E-state index contributed by atoms with van der Waals surface area (Å²) in [4.78, 5) is 10.2. The molecule has 0 atom stereocenters. The van der Waals surface area contributed by atoms with E-state index in [4.69, 9.17) is 24.1 Å². The number of rotatable bonds is 13. The molecule has 0 fully saturated rings. The third-order valence-electron chi connectivity index (χ3n) is 2.44. The monoisotopic (exact) mass is 298 g/mol. The van der Waals surface area contributed by atoms with Gasteiger partial charge >= 0.3 is 5.97 Å². The molecule has 0 radical (unpaired) electrons. The van der Waals surface area contributed by atoms with Crippen LogP contribution in [0.2, 0.25) is 0 Å². The predicted molar refractivity (Wildman–Crippen MR) is 76.6 cm³/mol. The van der Waals surface area contributed by atoms with E-state index < -0.39 is 5.97 Å². The maximum absolute atomic E-state index is 10.2. The number of benzene rings is 1. The Hall–Kier alpha value is -1.63. The van der Waals surface area contributed by atoms with Crippen LogP contribution < -0.4 is 4.74 Å². The predicted octanol–water partition coefficient (Wildman–Crippen LogP) is 1.59. The first-order valence-electron chi connectivity index (χ1n) is 6.92. The molecule has 0 spiro atoms. The zero-order chi connectivity index (χ0) is 15.2. The fourth-order valence-corrected chi connectivity index (χ4v) is 1.44. The Bertz CT molecular complexity index is 368. The molecule has 118 valence electrons. The van der Waals surface area contributed by atoms with Gasteiger partial charge in [0.25, 0.3) is 0 Å². The maximum Gasteiger partial charge on any atom is 0.305 e. The first-order valence-corrected chi connectivity index (χ1v) is 6.92. The Morgan fingerprint density at radius 3 is 1.90 bits per heavy atom. The molecule has 0 aliphatic heterocycles. The van der Waals surface area contributed by atoms with Gasteiger partial charge in [0.05, 0.1) is 46.1 Å². The topological polar surface area (TPSA) is 74.2 Å². The molecule has 0 unspecified atom stereocenters. The molecule has 6 nitrogen and oxygen atoms in total. The van der Waals surface area contributed by atoms with Gasteiger partial charge in [-0.05, 0) is 12.1 Å². The van der Waals surface area contributed by atoms with Crippen LogP contribution in [0.4, 0.5) is 0 Å². The van der Waals surface area contributed by atoms with Gasteiger partial charge in [-0.15, -0.1) is 0 Å². The molecule has 1 rings (SSSR count). The Morgan fingerprint density at radius 1 is 0.810 bits per heavy atom.